The lowest BCUT2D eigenvalue weighted by atomic mass is 9.95. The predicted molar refractivity (Wildman–Crippen MR) is 109 cm³/mol. The first kappa shape index (κ1) is 20.3. The molecule has 2 rings (SSSR count). The van der Waals surface area contributed by atoms with Gasteiger partial charge in [0.05, 0.1) is 18.8 Å². The molecule has 27 heavy (non-hydrogen) atoms. The minimum atomic E-state index is -0.475. The fraction of sp³-hybridized carbons (Fsp3) is 0.333. The summed E-state index contributed by atoms with van der Waals surface area (Å²) in [6.45, 7) is 8.08. The summed E-state index contributed by atoms with van der Waals surface area (Å²) in [5, 5.41) is 8.78. The van der Waals surface area contributed by atoms with E-state index in [-0.39, 0.29) is 18.4 Å². The van der Waals surface area contributed by atoms with Gasteiger partial charge in [-0.15, -0.1) is 0 Å². The van der Waals surface area contributed by atoms with Crippen LogP contribution in [0.15, 0.2) is 48.5 Å². The summed E-state index contributed by atoms with van der Waals surface area (Å²) in [6.07, 6.45) is 0. The highest BCUT2D eigenvalue weighted by molar-refractivity contribution is 5.96. The van der Waals surface area contributed by atoms with Gasteiger partial charge in [0.25, 0.3) is 0 Å². The molecule has 6 heteroatoms. The molecule has 0 saturated carbocycles. The van der Waals surface area contributed by atoms with Gasteiger partial charge in [0.1, 0.15) is 5.75 Å². The van der Waals surface area contributed by atoms with Gasteiger partial charge in [0.15, 0.2) is 0 Å². The molecule has 144 valence electrons. The third-order valence-electron chi connectivity index (χ3n) is 3.72. The molecule has 0 aliphatic rings. The van der Waals surface area contributed by atoms with Crippen molar-refractivity contribution in [2.75, 3.05) is 29.1 Å². The zero-order valence-corrected chi connectivity index (χ0v) is 16.3. The Morgan fingerprint density at radius 3 is 2.37 bits per heavy atom. The van der Waals surface area contributed by atoms with Crippen LogP contribution in [0, 0.1) is 5.41 Å². The number of amides is 2. The lowest BCUT2D eigenvalue weighted by molar-refractivity contribution is -0.123. The molecule has 3 N–H and O–H groups in total. The van der Waals surface area contributed by atoms with Gasteiger partial charge < -0.3 is 20.7 Å². The van der Waals surface area contributed by atoms with Gasteiger partial charge in [0, 0.05) is 16.8 Å². The van der Waals surface area contributed by atoms with E-state index in [4.69, 9.17) is 4.74 Å². The molecule has 2 aromatic carbocycles. The summed E-state index contributed by atoms with van der Waals surface area (Å²) >= 11 is 0. The minimum Gasteiger partial charge on any atom is -0.492 e. The van der Waals surface area contributed by atoms with E-state index in [0.29, 0.717) is 23.7 Å². The maximum atomic E-state index is 12.2. The van der Waals surface area contributed by atoms with Crippen LogP contribution in [0.1, 0.15) is 27.7 Å². The van der Waals surface area contributed by atoms with E-state index in [1.807, 2.05) is 64.1 Å². The normalized spacial score (nSPS) is 10.8. The van der Waals surface area contributed by atoms with E-state index in [2.05, 4.69) is 16.0 Å². The quantitative estimate of drug-likeness (QED) is 0.686. The van der Waals surface area contributed by atoms with Crippen LogP contribution in [0.2, 0.25) is 0 Å². The molecule has 0 fully saturated rings. The molecule has 0 heterocycles. The summed E-state index contributed by atoms with van der Waals surface area (Å²) < 4.78 is 5.51. The lowest BCUT2D eigenvalue weighted by Gasteiger charge is -2.18. The number of rotatable bonds is 7. The number of carbonyl (C=O) groups is 2. The molecule has 0 spiro atoms. The third kappa shape index (κ3) is 6.33. The SMILES string of the molecule is CCOc1ccccc1NC(=O)CNc1cccc(NC(=O)C(C)(C)C)c1. The highest BCUT2D eigenvalue weighted by Gasteiger charge is 2.21. The van der Waals surface area contributed by atoms with Crippen LogP contribution in [-0.4, -0.2) is 25.0 Å². The van der Waals surface area contributed by atoms with Crippen LogP contribution < -0.4 is 20.7 Å². The van der Waals surface area contributed by atoms with Gasteiger partial charge in [-0.2, -0.15) is 0 Å². The van der Waals surface area contributed by atoms with Crippen molar-refractivity contribution in [1.82, 2.24) is 0 Å². The lowest BCUT2D eigenvalue weighted by Crippen LogP contribution is -2.27. The van der Waals surface area contributed by atoms with E-state index in [1.165, 1.54) is 0 Å². The summed E-state index contributed by atoms with van der Waals surface area (Å²) in [4.78, 5) is 24.3. The Hall–Kier alpha value is -3.02. The predicted octanol–water partition coefficient (Wildman–Crippen LogP) is 4.12. The van der Waals surface area contributed by atoms with Crippen molar-refractivity contribution in [2.45, 2.75) is 27.7 Å². The first-order chi connectivity index (χ1) is 12.8. The monoisotopic (exact) mass is 369 g/mol. The molecule has 0 aromatic heterocycles. The molecule has 6 nitrogen and oxygen atoms in total. The maximum absolute atomic E-state index is 12.2. The average molecular weight is 369 g/mol. The Kier molecular flexibility index (Phi) is 6.82. The molecular weight excluding hydrogens is 342 g/mol. The standard InChI is InChI=1S/C21H27N3O3/c1-5-27-18-12-7-6-11-17(18)24-19(25)14-22-15-9-8-10-16(13-15)23-20(26)21(2,3)4/h6-13,22H,5,14H2,1-4H3,(H,23,26)(H,24,25). The van der Waals surface area contributed by atoms with Crippen molar-refractivity contribution in [2.24, 2.45) is 5.41 Å². The zero-order valence-electron chi connectivity index (χ0n) is 16.3. The fourth-order valence-corrected chi connectivity index (χ4v) is 2.25. The number of hydrogen-bond acceptors (Lipinski definition) is 4. The fourth-order valence-electron chi connectivity index (χ4n) is 2.25. The molecule has 0 saturated heterocycles. The van der Waals surface area contributed by atoms with Crippen molar-refractivity contribution in [3.8, 4) is 5.75 Å². The van der Waals surface area contributed by atoms with E-state index in [0.717, 1.165) is 5.69 Å². The highest BCUT2D eigenvalue weighted by atomic mass is 16.5. The summed E-state index contributed by atoms with van der Waals surface area (Å²) in [5.74, 6) is 0.386. The second kappa shape index (κ2) is 9.07. The summed E-state index contributed by atoms with van der Waals surface area (Å²) in [6, 6.07) is 14.6. The van der Waals surface area contributed by atoms with Crippen LogP contribution in [0.4, 0.5) is 17.1 Å². The Balaban J connectivity index is 1.94. The van der Waals surface area contributed by atoms with Gasteiger partial charge in [0.2, 0.25) is 11.8 Å². The van der Waals surface area contributed by atoms with Crippen molar-refractivity contribution in [3.63, 3.8) is 0 Å². The van der Waals surface area contributed by atoms with Crippen LogP contribution in [0.5, 0.6) is 5.75 Å². The highest BCUT2D eigenvalue weighted by Crippen LogP contribution is 2.24. The van der Waals surface area contributed by atoms with Gasteiger partial charge in [-0.3, -0.25) is 9.59 Å². The molecule has 2 amide bonds. The van der Waals surface area contributed by atoms with Crippen LogP contribution >= 0.6 is 0 Å². The largest absolute Gasteiger partial charge is 0.492 e. The molecule has 0 aliphatic carbocycles. The summed E-state index contributed by atoms with van der Waals surface area (Å²) in [7, 11) is 0. The first-order valence-electron chi connectivity index (χ1n) is 8.96. The number of anilines is 3. The average Bonchev–Trinajstić information content (AvgIpc) is 2.61. The molecular formula is C21H27N3O3. The first-order valence-corrected chi connectivity index (χ1v) is 8.96. The Morgan fingerprint density at radius 1 is 0.963 bits per heavy atom. The molecule has 0 unspecified atom stereocenters. The molecule has 0 aliphatic heterocycles. The number of para-hydroxylation sites is 2. The van der Waals surface area contributed by atoms with Crippen molar-refractivity contribution < 1.29 is 14.3 Å². The molecule has 2 aromatic rings. The smallest absolute Gasteiger partial charge is 0.243 e. The second-order valence-electron chi connectivity index (χ2n) is 7.12. The molecule has 0 radical (unpaired) electrons. The zero-order chi connectivity index (χ0) is 19.9. The summed E-state index contributed by atoms with van der Waals surface area (Å²) in [5.41, 5.74) is 1.59. The van der Waals surface area contributed by atoms with Gasteiger partial charge in [-0.25, -0.2) is 0 Å². The number of hydrogen-bond donors (Lipinski definition) is 3. The van der Waals surface area contributed by atoms with Crippen LogP contribution in [-0.2, 0) is 9.59 Å². The molecule has 0 bridgehead atoms. The maximum Gasteiger partial charge on any atom is 0.243 e. The third-order valence-corrected chi connectivity index (χ3v) is 3.72. The minimum absolute atomic E-state index is 0.0649. The van der Waals surface area contributed by atoms with Gasteiger partial charge >= 0.3 is 0 Å². The van der Waals surface area contributed by atoms with E-state index >= 15 is 0 Å². The van der Waals surface area contributed by atoms with E-state index < -0.39 is 5.41 Å². The van der Waals surface area contributed by atoms with Crippen LogP contribution in [0.25, 0.3) is 0 Å². The van der Waals surface area contributed by atoms with Gasteiger partial charge in [-0.05, 0) is 37.3 Å². The van der Waals surface area contributed by atoms with Crippen molar-refractivity contribution in [1.29, 1.82) is 0 Å². The number of carbonyl (C=O) groups excluding carboxylic acids is 2. The second-order valence-corrected chi connectivity index (χ2v) is 7.12. The Labute approximate surface area is 160 Å². The Bertz CT molecular complexity index is 797. The molecule has 0 atom stereocenters. The van der Waals surface area contributed by atoms with Crippen molar-refractivity contribution >= 4 is 28.9 Å². The van der Waals surface area contributed by atoms with Gasteiger partial charge in [-0.1, -0.05) is 39.0 Å². The van der Waals surface area contributed by atoms with Crippen LogP contribution in [0.3, 0.4) is 0 Å². The topological polar surface area (TPSA) is 79.5 Å². The Morgan fingerprint density at radius 2 is 1.67 bits per heavy atom. The number of benzene rings is 2. The van der Waals surface area contributed by atoms with E-state index in [9.17, 15) is 9.59 Å². The number of nitrogens with one attached hydrogen (secondary N) is 3. The van der Waals surface area contributed by atoms with Crippen molar-refractivity contribution in [3.05, 3.63) is 48.5 Å². The number of ether oxygens (including phenoxy) is 1. The van der Waals surface area contributed by atoms with E-state index in [1.54, 1.807) is 12.1 Å².